The van der Waals surface area contributed by atoms with Gasteiger partial charge in [-0.2, -0.15) is 0 Å². The van der Waals surface area contributed by atoms with E-state index in [2.05, 4.69) is 83.4 Å². The molecule has 0 aliphatic heterocycles. The normalized spacial score (nSPS) is 14.7. The first-order valence-electron chi connectivity index (χ1n) is 36.6. The monoisotopic (exact) mass is 1520 g/mol. The lowest BCUT2D eigenvalue weighted by molar-refractivity contribution is -0.136. The molecular formula is C73H115N23O13. The number of aliphatic imine (C=N–C) groups is 3. The zero-order valence-corrected chi connectivity index (χ0v) is 63.2. The Morgan fingerprint density at radius 3 is 1.31 bits per heavy atom. The van der Waals surface area contributed by atoms with Crippen molar-refractivity contribution in [3.05, 3.63) is 114 Å². The third-order valence-corrected chi connectivity index (χ3v) is 17.8. The van der Waals surface area contributed by atoms with Gasteiger partial charge < -0.3 is 119 Å². The molecule has 0 spiro atoms. The average Bonchev–Trinajstić information content (AvgIpc) is 1.04. The van der Waals surface area contributed by atoms with Gasteiger partial charge in [0.1, 0.15) is 59.8 Å². The van der Waals surface area contributed by atoms with Crippen LogP contribution in [0.2, 0.25) is 0 Å². The van der Waals surface area contributed by atoms with Gasteiger partial charge in [-0.3, -0.25) is 62.9 Å². The van der Waals surface area contributed by atoms with Crippen LogP contribution in [0, 0.1) is 11.8 Å². The van der Waals surface area contributed by atoms with Crippen molar-refractivity contribution in [1.82, 2.24) is 68.5 Å². The standard InChI is InChI=1S/C73H115N23O13/c1-8-42(4)61(70(109)91-53(18-12-30-74)63(102)93-58(36-48-24-28-51(100)29-25-48)67(106)89-54(20-14-32-83-72(77)78)64(103)94-59(37-49-38-81-40-85-49)66(105)86-43(5)39-97)96-65(104)55(21-15-33-84-73(79)80)90-69(108)60(41(2)3)95-68(107)57(35-46-16-10-9-11-17-46)87-44(6)56(34-47-22-26-50(99)27-23-47)92-62(101)52(88-45(7)98)19-13-31-82-71(75)76/h9-11,16-17,22-29,38,40-44,52-61,87,97,99-100H,8,12-15,18-21,30-37,39,74H2,1-7H3,(H,81,85)(H,86,105)(H,88,98)(H,89,106)(H,90,108)(H,91,109)(H,92,101)(H,93,102)(H,94,103)(H,95,107)(H,96,104)(H4,75,76,82)(H4,77,78,83)(H4,79,80,84)/t42-,43?,44?,52-,53-,54?,55-,56-,57?,58-,59+,60+,61-/m0/s1. The van der Waals surface area contributed by atoms with E-state index in [1.54, 1.807) is 65.8 Å². The first-order chi connectivity index (χ1) is 51.8. The van der Waals surface area contributed by atoms with E-state index in [-0.39, 0.29) is 126 Å². The molecule has 4 unspecified atom stereocenters. The van der Waals surface area contributed by atoms with Crippen molar-refractivity contribution < 1.29 is 63.3 Å². The highest BCUT2D eigenvalue weighted by molar-refractivity contribution is 5.98. The van der Waals surface area contributed by atoms with E-state index in [1.165, 1.54) is 55.8 Å². The quantitative estimate of drug-likeness (QED) is 0.0118. The van der Waals surface area contributed by atoms with Crippen molar-refractivity contribution in [2.75, 3.05) is 32.8 Å². The Labute approximate surface area is 635 Å². The molecule has 0 saturated heterocycles. The predicted octanol–water partition coefficient (Wildman–Crippen LogP) is -3.08. The summed E-state index contributed by atoms with van der Waals surface area (Å²) in [7, 11) is 0. The van der Waals surface area contributed by atoms with Gasteiger partial charge in [0.05, 0.1) is 19.0 Å². The van der Waals surface area contributed by atoms with Crippen LogP contribution in [0.3, 0.4) is 0 Å². The van der Waals surface area contributed by atoms with E-state index < -0.39 is 150 Å². The van der Waals surface area contributed by atoms with Crippen LogP contribution in [0.5, 0.6) is 11.5 Å². The molecule has 10 amide bonds. The minimum atomic E-state index is -1.50. The summed E-state index contributed by atoms with van der Waals surface area (Å²) in [5.74, 6) is -9.25. The van der Waals surface area contributed by atoms with Gasteiger partial charge in [-0.15, -0.1) is 0 Å². The molecule has 0 bridgehead atoms. The molecule has 109 heavy (non-hydrogen) atoms. The van der Waals surface area contributed by atoms with Gasteiger partial charge in [-0.1, -0.05) is 88.7 Å². The van der Waals surface area contributed by atoms with Crippen LogP contribution in [0.15, 0.2) is 106 Å². The van der Waals surface area contributed by atoms with Crippen molar-refractivity contribution in [3.8, 4) is 11.5 Å². The second-order valence-electron chi connectivity index (χ2n) is 27.4. The van der Waals surface area contributed by atoms with Crippen molar-refractivity contribution in [3.63, 3.8) is 0 Å². The average molecular weight is 1520 g/mol. The number of carbonyl (C=O) groups excluding carboxylic acids is 10. The van der Waals surface area contributed by atoms with Gasteiger partial charge in [0.25, 0.3) is 0 Å². The number of nitrogens with one attached hydrogen (secondary N) is 12. The molecule has 13 atom stereocenters. The van der Waals surface area contributed by atoms with Gasteiger partial charge in [0, 0.05) is 69.4 Å². The van der Waals surface area contributed by atoms with Gasteiger partial charge in [-0.05, 0) is 137 Å². The first-order valence-corrected chi connectivity index (χ1v) is 36.6. The molecule has 4 rings (SSSR count). The van der Waals surface area contributed by atoms with Gasteiger partial charge >= 0.3 is 0 Å². The van der Waals surface area contributed by atoms with E-state index in [0.29, 0.717) is 29.7 Å². The van der Waals surface area contributed by atoms with Gasteiger partial charge in [-0.25, -0.2) is 4.98 Å². The number of aromatic nitrogens is 2. The highest BCUT2D eigenvalue weighted by atomic mass is 16.3. The first kappa shape index (κ1) is 90.3. The number of carbonyl (C=O) groups is 10. The molecule has 600 valence electrons. The van der Waals surface area contributed by atoms with Crippen LogP contribution < -0.4 is 98.6 Å². The fourth-order valence-electron chi connectivity index (χ4n) is 11.6. The molecule has 3 aromatic carbocycles. The minimum Gasteiger partial charge on any atom is -0.508 e. The predicted molar refractivity (Wildman–Crippen MR) is 412 cm³/mol. The minimum absolute atomic E-state index is 0.0113. The van der Waals surface area contributed by atoms with Crippen LogP contribution in [-0.4, -0.2) is 208 Å². The summed E-state index contributed by atoms with van der Waals surface area (Å²) >= 11 is 0. The molecule has 0 radical (unpaired) electrons. The highest BCUT2D eigenvalue weighted by Gasteiger charge is 2.38. The number of benzene rings is 3. The van der Waals surface area contributed by atoms with Crippen molar-refractivity contribution in [2.45, 2.75) is 204 Å². The molecule has 4 aromatic rings. The maximum absolute atomic E-state index is 15.0. The van der Waals surface area contributed by atoms with Crippen LogP contribution in [0.1, 0.15) is 129 Å². The fraction of sp³-hybridized carbons (Fsp3) is 0.534. The number of aliphatic hydroxyl groups is 1. The topological polar surface area (TPSA) is 612 Å². The molecule has 1 aromatic heterocycles. The molecule has 36 nitrogen and oxygen atoms in total. The van der Waals surface area contributed by atoms with E-state index in [9.17, 15) is 58.5 Å². The number of H-pyrrole nitrogens is 1. The number of aromatic hydroxyl groups is 2. The Balaban J connectivity index is 1.68. The Bertz CT molecular complexity index is 3610. The van der Waals surface area contributed by atoms with Crippen LogP contribution in [0.4, 0.5) is 0 Å². The molecule has 0 saturated carbocycles. The van der Waals surface area contributed by atoms with Crippen LogP contribution in [-0.2, 0) is 73.6 Å². The van der Waals surface area contributed by atoms with Gasteiger partial charge in [0.2, 0.25) is 59.1 Å². The lowest BCUT2D eigenvalue weighted by Gasteiger charge is -2.33. The summed E-state index contributed by atoms with van der Waals surface area (Å²) in [6, 6.07) is 7.24. The van der Waals surface area contributed by atoms with E-state index >= 15 is 4.79 Å². The lowest BCUT2D eigenvalue weighted by atomic mass is 9.96. The molecular weight excluding hydrogens is 1410 g/mol. The fourth-order valence-corrected chi connectivity index (χ4v) is 11.6. The lowest BCUT2D eigenvalue weighted by Crippen LogP contribution is -2.62. The van der Waals surface area contributed by atoms with Crippen molar-refractivity contribution in [2.24, 2.45) is 66.9 Å². The Morgan fingerprint density at radius 1 is 0.459 bits per heavy atom. The molecule has 36 heteroatoms. The third kappa shape index (κ3) is 33.7. The van der Waals surface area contributed by atoms with Crippen molar-refractivity contribution in [1.29, 1.82) is 0 Å². The zero-order valence-electron chi connectivity index (χ0n) is 63.2. The van der Waals surface area contributed by atoms with Crippen LogP contribution in [0.25, 0.3) is 0 Å². The number of hydrogen-bond acceptors (Lipinski definition) is 19. The molecule has 0 aliphatic carbocycles. The number of nitrogens with two attached hydrogens (primary N) is 7. The summed E-state index contributed by atoms with van der Waals surface area (Å²) in [5.41, 5.74) is 41.9. The second-order valence-corrected chi connectivity index (χ2v) is 27.4. The number of rotatable bonds is 49. The smallest absolute Gasteiger partial charge is 0.243 e. The maximum atomic E-state index is 15.0. The van der Waals surface area contributed by atoms with Crippen LogP contribution >= 0.6 is 0 Å². The number of aliphatic hydroxyl groups excluding tert-OH is 1. The number of nitrogens with zero attached hydrogens (tertiary/aromatic N) is 4. The maximum Gasteiger partial charge on any atom is 0.243 e. The van der Waals surface area contributed by atoms with E-state index in [4.69, 9.17) is 40.1 Å². The second kappa shape index (κ2) is 47.5. The summed E-state index contributed by atoms with van der Waals surface area (Å²) in [4.78, 5) is 163. The SMILES string of the molecule is CC[C@H](C)[C@H](NC(=O)[C@H](CCCN=C(N)N)NC(=O)[C@H](NC(=O)C(Cc1ccccc1)NC(C)[C@H](Cc1ccc(O)cc1)NC(=O)[C@H](CCCN=C(N)N)NC(C)=O)C(C)C)C(=O)N[C@@H](CCCN)C(=O)N[C@@H](Cc1ccc(O)cc1)C(=O)NC(CCCN=C(N)N)C(=O)N[C@H](Cc1cnc[nH]1)C(=O)NC(C)CO. The van der Waals surface area contributed by atoms with E-state index in [1.807, 2.05) is 18.2 Å². The molecule has 0 fully saturated rings. The number of guanidine groups is 3. The zero-order chi connectivity index (χ0) is 80.7. The number of phenolic OH excluding ortho intramolecular Hbond substituents is 2. The van der Waals surface area contributed by atoms with E-state index in [0.717, 1.165) is 5.56 Å². The summed E-state index contributed by atoms with van der Waals surface area (Å²) in [6.07, 6.45) is 3.77. The Hall–Kier alpha value is -11.1. The summed E-state index contributed by atoms with van der Waals surface area (Å²) in [6.45, 7) is 11.3. The molecule has 29 N–H and O–H groups in total. The number of aromatic amines is 1. The van der Waals surface area contributed by atoms with Crippen molar-refractivity contribution >= 4 is 77.0 Å². The number of amides is 10. The number of phenols is 2. The molecule has 1 heterocycles. The summed E-state index contributed by atoms with van der Waals surface area (Å²) in [5, 5.41) is 61.4. The Morgan fingerprint density at radius 2 is 0.853 bits per heavy atom. The van der Waals surface area contributed by atoms with Gasteiger partial charge in [0.15, 0.2) is 17.9 Å². The molecule has 0 aliphatic rings. The highest BCUT2D eigenvalue weighted by Crippen LogP contribution is 2.19. The number of hydrogen-bond donors (Lipinski definition) is 22. The largest absolute Gasteiger partial charge is 0.508 e. The summed E-state index contributed by atoms with van der Waals surface area (Å²) < 4.78 is 0. The Kier molecular flexibility index (Phi) is 39.3. The number of imidazole rings is 1. The third-order valence-electron chi connectivity index (χ3n) is 17.8.